The molecule has 0 aliphatic heterocycles. The van der Waals surface area contributed by atoms with Gasteiger partial charge < -0.3 is 15.4 Å². The Morgan fingerprint density at radius 3 is 2.21 bits per heavy atom. The van der Waals surface area contributed by atoms with Crippen molar-refractivity contribution in [3.63, 3.8) is 0 Å². The molecular weight excluding hydrogens is 304 g/mol. The van der Waals surface area contributed by atoms with Crippen LogP contribution >= 0.6 is 15.9 Å². The van der Waals surface area contributed by atoms with Gasteiger partial charge in [0.05, 0.1) is 12.8 Å². The van der Waals surface area contributed by atoms with E-state index >= 15 is 0 Å². The first-order chi connectivity index (χ1) is 9.04. The van der Waals surface area contributed by atoms with Crippen molar-refractivity contribution >= 4 is 21.6 Å². The number of ether oxygens (including phenoxy) is 1. The predicted octanol–water partition coefficient (Wildman–Crippen LogP) is 3.79. The van der Waals surface area contributed by atoms with E-state index in [9.17, 15) is 0 Å². The van der Waals surface area contributed by atoms with E-state index in [1.165, 1.54) is 27.6 Å². The van der Waals surface area contributed by atoms with E-state index in [4.69, 9.17) is 4.74 Å². The molecule has 0 aliphatic rings. The van der Waals surface area contributed by atoms with Gasteiger partial charge in [-0.15, -0.1) is 0 Å². The molecule has 0 aliphatic carbocycles. The number of halogens is 1. The summed E-state index contributed by atoms with van der Waals surface area (Å²) in [5.74, 6) is 0.965. The van der Waals surface area contributed by atoms with E-state index in [0.717, 1.165) is 30.9 Å². The first kappa shape index (κ1) is 16.3. The van der Waals surface area contributed by atoms with Crippen LogP contribution in [0.15, 0.2) is 4.47 Å². The summed E-state index contributed by atoms with van der Waals surface area (Å²) in [5.41, 5.74) is 4.77. The second-order valence-electron chi connectivity index (χ2n) is 4.83. The van der Waals surface area contributed by atoms with Crippen molar-refractivity contribution in [2.75, 3.05) is 32.6 Å². The van der Waals surface area contributed by atoms with E-state index in [0.29, 0.717) is 0 Å². The fourth-order valence-electron chi connectivity index (χ4n) is 2.19. The van der Waals surface area contributed by atoms with E-state index in [2.05, 4.69) is 47.3 Å². The molecule has 1 aromatic rings. The normalized spacial score (nSPS) is 10.6. The lowest BCUT2D eigenvalue weighted by Gasteiger charge is -2.20. The van der Waals surface area contributed by atoms with Gasteiger partial charge in [-0.05, 0) is 63.9 Å². The fraction of sp³-hybridized carbons (Fsp3) is 0.600. The SMILES string of the molecule is CNCCCCNc1c(C)c(Br)c(C)c(C)c1OC. The van der Waals surface area contributed by atoms with Crippen LogP contribution in [0.25, 0.3) is 0 Å². The number of rotatable bonds is 7. The monoisotopic (exact) mass is 328 g/mol. The highest BCUT2D eigenvalue weighted by Gasteiger charge is 2.16. The molecule has 0 saturated heterocycles. The van der Waals surface area contributed by atoms with Crippen molar-refractivity contribution < 1.29 is 4.74 Å². The van der Waals surface area contributed by atoms with Crippen LogP contribution in [0.2, 0.25) is 0 Å². The zero-order valence-electron chi connectivity index (χ0n) is 12.6. The first-order valence-electron chi connectivity index (χ1n) is 6.76. The Morgan fingerprint density at radius 2 is 1.63 bits per heavy atom. The molecule has 2 N–H and O–H groups in total. The standard InChI is InChI=1S/C15H25BrN2O/c1-10-11(2)15(19-5)14(12(3)13(10)16)18-9-7-6-8-17-4/h17-18H,6-9H2,1-5H3. The average molecular weight is 329 g/mol. The van der Waals surface area contributed by atoms with Crippen molar-refractivity contribution in [1.29, 1.82) is 0 Å². The summed E-state index contributed by atoms with van der Waals surface area (Å²) in [4.78, 5) is 0. The molecular formula is C15H25BrN2O. The number of hydrogen-bond acceptors (Lipinski definition) is 3. The third-order valence-electron chi connectivity index (χ3n) is 3.52. The molecule has 1 aromatic carbocycles. The highest BCUT2D eigenvalue weighted by molar-refractivity contribution is 9.10. The Hall–Kier alpha value is -0.740. The second-order valence-corrected chi connectivity index (χ2v) is 5.63. The minimum Gasteiger partial charge on any atom is -0.494 e. The molecule has 0 spiro atoms. The Morgan fingerprint density at radius 1 is 1.00 bits per heavy atom. The van der Waals surface area contributed by atoms with Gasteiger partial charge in [-0.2, -0.15) is 0 Å². The van der Waals surface area contributed by atoms with Crippen LogP contribution in [0.3, 0.4) is 0 Å². The van der Waals surface area contributed by atoms with Gasteiger partial charge in [-0.1, -0.05) is 15.9 Å². The maximum Gasteiger partial charge on any atom is 0.145 e. The maximum atomic E-state index is 5.58. The third-order valence-corrected chi connectivity index (χ3v) is 4.71. The highest BCUT2D eigenvalue weighted by Crippen LogP contribution is 2.39. The minimum atomic E-state index is 0.965. The van der Waals surface area contributed by atoms with E-state index in [1.807, 2.05) is 7.05 Å². The van der Waals surface area contributed by atoms with Crippen LogP contribution in [0, 0.1) is 20.8 Å². The van der Waals surface area contributed by atoms with E-state index in [1.54, 1.807) is 7.11 Å². The lowest BCUT2D eigenvalue weighted by atomic mass is 10.0. The van der Waals surface area contributed by atoms with Crippen LogP contribution in [-0.4, -0.2) is 27.2 Å². The van der Waals surface area contributed by atoms with Gasteiger partial charge in [-0.25, -0.2) is 0 Å². The molecule has 1 rings (SSSR count). The van der Waals surface area contributed by atoms with Gasteiger partial charge in [0.15, 0.2) is 0 Å². The largest absolute Gasteiger partial charge is 0.494 e. The van der Waals surface area contributed by atoms with Crippen molar-refractivity contribution in [3.8, 4) is 5.75 Å². The van der Waals surface area contributed by atoms with Gasteiger partial charge in [0.25, 0.3) is 0 Å². The van der Waals surface area contributed by atoms with Crippen LogP contribution in [0.4, 0.5) is 5.69 Å². The number of anilines is 1. The average Bonchev–Trinajstić information content (AvgIpc) is 2.41. The van der Waals surface area contributed by atoms with Crippen LogP contribution < -0.4 is 15.4 Å². The lowest BCUT2D eigenvalue weighted by molar-refractivity contribution is 0.412. The molecule has 0 radical (unpaired) electrons. The zero-order chi connectivity index (χ0) is 14.4. The summed E-state index contributed by atoms with van der Waals surface area (Å²) >= 11 is 3.67. The fourth-order valence-corrected chi connectivity index (χ4v) is 2.69. The van der Waals surface area contributed by atoms with E-state index in [-0.39, 0.29) is 0 Å². The number of unbranched alkanes of at least 4 members (excludes halogenated alkanes) is 1. The number of hydrogen-bond donors (Lipinski definition) is 2. The van der Waals surface area contributed by atoms with Gasteiger partial charge >= 0.3 is 0 Å². The molecule has 19 heavy (non-hydrogen) atoms. The van der Waals surface area contributed by atoms with Crippen LogP contribution in [0.5, 0.6) is 5.75 Å². The number of benzene rings is 1. The van der Waals surface area contributed by atoms with Gasteiger partial charge in [0.2, 0.25) is 0 Å². The molecule has 0 amide bonds. The van der Waals surface area contributed by atoms with Crippen LogP contribution in [-0.2, 0) is 0 Å². The van der Waals surface area contributed by atoms with Crippen LogP contribution in [0.1, 0.15) is 29.5 Å². The molecule has 0 fully saturated rings. The number of nitrogens with one attached hydrogen (secondary N) is 2. The molecule has 4 heteroatoms. The maximum absolute atomic E-state index is 5.58. The third kappa shape index (κ3) is 3.86. The van der Waals surface area contributed by atoms with Crippen molar-refractivity contribution in [2.45, 2.75) is 33.6 Å². The molecule has 0 bridgehead atoms. The molecule has 3 nitrogen and oxygen atoms in total. The summed E-state index contributed by atoms with van der Waals surface area (Å²) in [6.45, 7) is 8.37. The zero-order valence-corrected chi connectivity index (χ0v) is 14.2. The van der Waals surface area contributed by atoms with Gasteiger partial charge in [-0.3, -0.25) is 0 Å². The Balaban J connectivity index is 2.87. The predicted molar refractivity (Wildman–Crippen MR) is 86.6 cm³/mol. The Bertz CT molecular complexity index is 433. The van der Waals surface area contributed by atoms with Crippen molar-refractivity contribution in [1.82, 2.24) is 5.32 Å². The Kier molecular flexibility index (Phi) is 6.66. The van der Waals surface area contributed by atoms with E-state index < -0.39 is 0 Å². The molecule has 0 heterocycles. The summed E-state index contributed by atoms with van der Waals surface area (Å²) in [5, 5.41) is 6.68. The van der Waals surface area contributed by atoms with Crippen molar-refractivity contribution in [3.05, 3.63) is 21.2 Å². The summed E-state index contributed by atoms with van der Waals surface area (Å²) < 4.78 is 6.75. The smallest absolute Gasteiger partial charge is 0.145 e. The topological polar surface area (TPSA) is 33.3 Å². The highest BCUT2D eigenvalue weighted by atomic mass is 79.9. The summed E-state index contributed by atoms with van der Waals surface area (Å²) in [6.07, 6.45) is 2.32. The summed E-state index contributed by atoms with van der Waals surface area (Å²) in [6, 6.07) is 0. The van der Waals surface area contributed by atoms with Gasteiger partial charge in [0.1, 0.15) is 5.75 Å². The van der Waals surface area contributed by atoms with Crippen molar-refractivity contribution in [2.24, 2.45) is 0 Å². The molecule has 108 valence electrons. The molecule has 0 saturated carbocycles. The quantitative estimate of drug-likeness (QED) is 0.747. The van der Waals surface area contributed by atoms with Gasteiger partial charge in [0, 0.05) is 11.0 Å². The minimum absolute atomic E-state index is 0.965. The first-order valence-corrected chi connectivity index (χ1v) is 7.55. The Labute approximate surface area is 125 Å². The molecule has 0 unspecified atom stereocenters. The molecule has 0 aromatic heterocycles. The second kappa shape index (κ2) is 7.75. The summed E-state index contributed by atoms with van der Waals surface area (Å²) in [7, 11) is 3.72. The lowest BCUT2D eigenvalue weighted by Crippen LogP contribution is -2.11. The number of methoxy groups -OCH3 is 1. The molecule has 0 atom stereocenters.